The predicted octanol–water partition coefficient (Wildman–Crippen LogP) is 3.93. The first-order valence-electron chi connectivity index (χ1n) is 15.5. The molecule has 0 bridgehead atoms. The molecule has 46 heavy (non-hydrogen) atoms. The lowest BCUT2D eigenvalue weighted by atomic mass is 9.99. The summed E-state index contributed by atoms with van der Waals surface area (Å²) in [5, 5.41) is 18.6. The molecule has 1 aliphatic heterocycles. The van der Waals surface area contributed by atoms with E-state index >= 15 is 0 Å². The lowest BCUT2D eigenvalue weighted by molar-refractivity contribution is 0.0830. The fraction of sp³-hybridized carbons (Fsp3) is 0.286. The van der Waals surface area contributed by atoms with Crippen LogP contribution >= 0.6 is 0 Å². The Morgan fingerprint density at radius 3 is 2.57 bits per heavy atom. The number of amides is 1. The van der Waals surface area contributed by atoms with E-state index < -0.39 is 22.2 Å². The van der Waals surface area contributed by atoms with Crippen molar-refractivity contribution in [2.75, 3.05) is 23.7 Å². The number of carbonyl (C=O) groups is 1. The van der Waals surface area contributed by atoms with E-state index in [9.17, 15) is 18.3 Å². The SMILES string of the molecule is CCc1cn2c3c(cc(C(=O)N[C@@H](Cc4ccccc4)[C@H](O)CNCc4cccc(-c5ccccn5)n4)cc13)N(C)S(=O)(=O)CC2. The van der Waals surface area contributed by atoms with E-state index in [2.05, 4.69) is 15.6 Å². The van der Waals surface area contributed by atoms with E-state index in [1.807, 2.05) is 90.5 Å². The number of anilines is 1. The molecule has 0 fully saturated rings. The summed E-state index contributed by atoms with van der Waals surface area (Å²) in [6.07, 6.45) is 3.93. The van der Waals surface area contributed by atoms with Crippen LogP contribution in [0.2, 0.25) is 0 Å². The van der Waals surface area contributed by atoms with Crippen LogP contribution < -0.4 is 14.9 Å². The lowest BCUT2D eigenvalue weighted by Gasteiger charge is -2.25. The van der Waals surface area contributed by atoms with Crippen molar-refractivity contribution in [3.05, 3.63) is 114 Å². The zero-order valence-electron chi connectivity index (χ0n) is 25.9. The third kappa shape index (κ3) is 6.67. The van der Waals surface area contributed by atoms with Crippen LogP contribution in [0.5, 0.6) is 0 Å². The van der Waals surface area contributed by atoms with Crippen molar-refractivity contribution in [1.82, 2.24) is 25.2 Å². The molecule has 5 aromatic rings. The average Bonchev–Trinajstić information content (AvgIpc) is 3.41. The minimum Gasteiger partial charge on any atom is -0.390 e. The van der Waals surface area contributed by atoms with Gasteiger partial charge < -0.3 is 20.3 Å². The van der Waals surface area contributed by atoms with Crippen molar-refractivity contribution in [2.45, 2.75) is 45.0 Å². The molecule has 10 nitrogen and oxygen atoms in total. The average molecular weight is 639 g/mol. The molecule has 6 rings (SSSR count). The van der Waals surface area contributed by atoms with Crippen molar-refractivity contribution in [3.63, 3.8) is 0 Å². The first-order valence-corrected chi connectivity index (χ1v) is 17.1. The number of aryl methyl sites for hydroxylation is 2. The second-order valence-electron chi connectivity index (χ2n) is 11.6. The number of aromatic nitrogens is 3. The van der Waals surface area contributed by atoms with Crippen LogP contribution in [0.4, 0.5) is 5.69 Å². The number of benzene rings is 2. The Morgan fingerprint density at radius 2 is 1.80 bits per heavy atom. The van der Waals surface area contributed by atoms with E-state index in [1.165, 1.54) is 11.4 Å². The highest BCUT2D eigenvalue weighted by molar-refractivity contribution is 7.92. The summed E-state index contributed by atoms with van der Waals surface area (Å²) < 4.78 is 29.2. The predicted molar refractivity (Wildman–Crippen MR) is 180 cm³/mol. The van der Waals surface area contributed by atoms with Crippen LogP contribution in [-0.4, -0.2) is 65.5 Å². The topological polar surface area (TPSA) is 129 Å². The zero-order valence-corrected chi connectivity index (χ0v) is 26.7. The van der Waals surface area contributed by atoms with Gasteiger partial charge in [-0.3, -0.25) is 14.1 Å². The molecule has 0 radical (unpaired) electrons. The summed E-state index contributed by atoms with van der Waals surface area (Å²) in [5.74, 6) is -0.402. The summed E-state index contributed by atoms with van der Waals surface area (Å²) in [5.41, 5.74) is 5.98. The third-order valence-corrected chi connectivity index (χ3v) is 10.2. The standard InChI is InChI=1S/C35H38N6O4S/c1-3-25-23-41-16-17-46(44,45)40(2)32-20-26(19-28(25)34(32)41)35(43)39-31(18-24-10-5-4-6-11-24)33(42)22-36-21-27-12-9-14-30(38-27)29-13-7-8-15-37-29/h4-15,19-20,23,31,33,36,42H,3,16-18,21-22H2,1-2H3,(H,39,43)/t31-,33+/m0/s1. The number of aliphatic hydroxyl groups is 1. The first kappa shape index (κ1) is 31.4. The molecular weight excluding hydrogens is 600 g/mol. The van der Waals surface area contributed by atoms with Gasteiger partial charge in [0.25, 0.3) is 5.91 Å². The molecule has 0 saturated heterocycles. The van der Waals surface area contributed by atoms with E-state index in [0.29, 0.717) is 30.8 Å². The minimum atomic E-state index is -3.55. The number of rotatable bonds is 11. The summed E-state index contributed by atoms with van der Waals surface area (Å²) in [4.78, 5) is 22.9. The maximum atomic E-state index is 13.9. The number of nitrogens with zero attached hydrogens (tertiary/aromatic N) is 4. The highest BCUT2D eigenvalue weighted by Gasteiger charge is 2.29. The second kappa shape index (κ2) is 13.4. The molecule has 0 aliphatic carbocycles. The molecule has 4 heterocycles. The number of pyridine rings is 2. The third-order valence-electron chi connectivity index (χ3n) is 8.50. The van der Waals surface area contributed by atoms with Crippen LogP contribution in [0.25, 0.3) is 22.3 Å². The quantitative estimate of drug-likeness (QED) is 0.200. The molecule has 3 aromatic heterocycles. The van der Waals surface area contributed by atoms with Crippen LogP contribution in [0.15, 0.2) is 91.3 Å². The summed E-state index contributed by atoms with van der Waals surface area (Å²) in [7, 11) is -2.01. The van der Waals surface area contributed by atoms with Crippen LogP contribution in [0, 0.1) is 0 Å². The van der Waals surface area contributed by atoms with Gasteiger partial charge in [0.05, 0.1) is 46.2 Å². The van der Waals surface area contributed by atoms with Crippen molar-refractivity contribution in [3.8, 4) is 11.4 Å². The van der Waals surface area contributed by atoms with Gasteiger partial charge in [-0.15, -0.1) is 0 Å². The fourth-order valence-electron chi connectivity index (χ4n) is 5.95. The Kier molecular flexibility index (Phi) is 9.16. The number of aliphatic hydroxyl groups excluding tert-OH is 1. The molecule has 1 amide bonds. The summed E-state index contributed by atoms with van der Waals surface area (Å²) in [6.45, 7) is 3.02. The fourth-order valence-corrected chi connectivity index (χ4v) is 7.09. The highest BCUT2D eigenvalue weighted by Crippen LogP contribution is 2.35. The maximum absolute atomic E-state index is 13.9. The number of nitrogens with one attached hydrogen (secondary N) is 2. The maximum Gasteiger partial charge on any atom is 0.251 e. The molecule has 0 unspecified atom stereocenters. The van der Waals surface area contributed by atoms with Gasteiger partial charge in [0.2, 0.25) is 10.0 Å². The largest absolute Gasteiger partial charge is 0.390 e. The molecule has 3 N–H and O–H groups in total. The van der Waals surface area contributed by atoms with Crippen molar-refractivity contribution < 1.29 is 18.3 Å². The Balaban J connectivity index is 1.22. The molecule has 2 atom stereocenters. The van der Waals surface area contributed by atoms with Gasteiger partial charge in [0.1, 0.15) is 0 Å². The minimum absolute atomic E-state index is 0.0199. The Labute approximate surface area is 269 Å². The van der Waals surface area contributed by atoms with Crippen LogP contribution in [0.3, 0.4) is 0 Å². The Bertz CT molecular complexity index is 1950. The second-order valence-corrected chi connectivity index (χ2v) is 13.7. The van der Waals surface area contributed by atoms with Gasteiger partial charge in [-0.2, -0.15) is 0 Å². The number of sulfonamides is 1. The summed E-state index contributed by atoms with van der Waals surface area (Å²) >= 11 is 0. The summed E-state index contributed by atoms with van der Waals surface area (Å²) in [6, 6.07) is 24.0. The lowest BCUT2D eigenvalue weighted by Crippen LogP contribution is -2.48. The number of carbonyl (C=O) groups excluding carboxylic acids is 1. The van der Waals surface area contributed by atoms with Crippen molar-refractivity contribution in [2.24, 2.45) is 0 Å². The molecule has 238 valence electrons. The Morgan fingerprint density at radius 1 is 1.02 bits per heavy atom. The van der Waals surface area contributed by atoms with Gasteiger partial charge in [-0.25, -0.2) is 13.4 Å². The van der Waals surface area contributed by atoms with Gasteiger partial charge >= 0.3 is 0 Å². The van der Waals surface area contributed by atoms with Crippen molar-refractivity contribution in [1.29, 1.82) is 0 Å². The molecule has 11 heteroatoms. The van der Waals surface area contributed by atoms with E-state index in [-0.39, 0.29) is 18.2 Å². The van der Waals surface area contributed by atoms with Gasteiger partial charge in [0, 0.05) is 50.0 Å². The van der Waals surface area contributed by atoms with Gasteiger partial charge in [-0.05, 0) is 60.4 Å². The van der Waals surface area contributed by atoms with E-state index in [0.717, 1.165) is 45.5 Å². The van der Waals surface area contributed by atoms with Gasteiger partial charge in [-0.1, -0.05) is 49.4 Å². The zero-order chi connectivity index (χ0) is 32.3. The van der Waals surface area contributed by atoms with E-state index in [1.54, 1.807) is 12.3 Å². The monoisotopic (exact) mass is 638 g/mol. The smallest absolute Gasteiger partial charge is 0.251 e. The molecule has 1 aliphatic rings. The van der Waals surface area contributed by atoms with Gasteiger partial charge in [0.15, 0.2) is 0 Å². The van der Waals surface area contributed by atoms with Crippen LogP contribution in [-0.2, 0) is 36.0 Å². The normalized spacial score (nSPS) is 15.3. The number of hydrogen-bond acceptors (Lipinski definition) is 7. The molecule has 0 saturated carbocycles. The molecular formula is C35H38N6O4S. The van der Waals surface area contributed by atoms with Crippen LogP contribution in [0.1, 0.15) is 34.1 Å². The Hall–Kier alpha value is -4.58. The molecule has 0 spiro atoms. The van der Waals surface area contributed by atoms with Crippen molar-refractivity contribution >= 4 is 32.5 Å². The number of hydrogen-bond donors (Lipinski definition) is 3. The first-order chi connectivity index (χ1) is 22.2. The van der Waals surface area contributed by atoms with E-state index in [4.69, 9.17) is 4.98 Å². The molecule has 2 aromatic carbocycles. The highest BCUT2D eigenvalue weighted by atomic mass is 32.2.